The van der Waals surface area contributed by atoms with Crippen molar-refractivity contribution in [1.82, 2.24) is 0 Å². The second-order valence-electron chi connectivity index (χ2n) is 8.55. The van der Waals surface area contributed by atoms with Gasteiger partial charge in [-0.05, 0) is 65.7 Å². The Labute approximate surface area is 134 Å². The van der Waals surface area contributed by atoms with Gasteiger partial charge in [0, 0.05) is 6.42 Å². The van der Waals surface area contributed by atoms with Gasteiger partial charge in [-0.2, -0.15) is 0 Å². The third-order valence-corrected chi connectivity index (χ3v) is 6.19. The van der Waals surface area contributed by atoms with Crippen molar-refractivity contribution in [3.8, 4) is 5.75 Å². The van der Waals surface area contributed by atoms with Crippen molar-refractivity contribution in [2.45, 2.75) is 77.7 Å². The largest absolute Gasteiger partial charge is 0.508 e. The van der Waals surface area contributed by atoms with Gasteiger partial charge in [0.15, 0.2) is 0 Å². The van der Waals surface area contributed by atoms with E-state index in [1.807, 2.05) is 6.07 Å². The molecule has 2 aliphatic rings. The minimum atomic E-state index is -0.598. The quantitative estimate of drug-likeness (QED) is 0.798. The molecular weight excluding hydrogens is 272 g/mol. The van der Waals surface area contributed by atoms with Crippen molar-refractivity contribution < 1.29 is 10.2 Å². The number of hydrogen-bond donors (Lipinski definition) is 2. The molecule has 0 unspecified atom stereocenters. The molecule has 3 rings (SSSR count). The zero-order valence-corrected chi connectivity index (χ0v) is 14.4. The molecule has 2 heteroatoms. The molecule has 2 N–H and O–H groups in total. The monoisotopic (exact) mass is 302 g/mol. The molecule has 0 aromatic heterocycles. The number of aromatic hydroxyl groups is 1. The van der Waals surface area contributed by atoms with E-state index in [1.165, 1.54) is 12.0 Å². The van der Waals surface area contributed by atoms with E-state index in [2.05, 4.69) is 33.8 Å². The lowest BCUT2D eigenvalue weighted by Gasteiger charge is -2.49. The molecule has 1 saturated carbocycles. The van der Waals surface area contributed by atoms with Gasteiger partial charge in [0.05, 0.1) is 5.60 Å². The molecule has 2 atom stereocenters. The lowest BCUT2D eigenvalue weighted by atomic mass is 9.59. The Morgan fingerprint density at radius 3 is 2.55 bits per heavy atom. The van der Waals surface area contributed by atoms with Gasteiger partial charge < -0.3 is 10.2 Å². The number of phenolic OH excluding ortho intramolecular Hbond substituents is 1. The fraction of sp³-hybridized carbons (Fsp3) is 0.700. The van der Waals surface area contributed by atoms with Gasteiger partial charge in [0.2, 0.25) is 0 Å². The van der Waals surface area contributed by atoms with Gasteiger partial charge in [0.1, 0.15) is 5.75 Å². The third-order valence-electron chi connectivity index (χ3n) is 6.19. The molecule has 0 bridgehead atoms. The standard InChI is InChI=1S/C20H30O2/c1-13(2)16-10-14-6-7-18-19(3,4)8-5-9-20(18,22)12-15(14)11-17(16)21/h10-11,13,18,21-22H,5-9,12H2,1-4H3/t18-,20-/m0/s1. The molecule has 1 aromatic carbocycles. The number of fused-ring (bicyclic) bond motifs is 2. The first-order valence-corrected chi connectivity index (χ1v) is 8.80. The topological polar surface area (TPSA) is 40.5 Å². The SMILES string of the molecule is CC(C)c1cc2c(cc1O)C[C@@]1(O)CCCC(C)(C)[C@@H]1CC2. The lowest BCUT2D eigenvalue weighted by Crippen LogP contribution is -2.49. The maximum absolute atomic E-state index is 11.3. The summed E-state index contributed by atoms with van der Waals surface area (Å²) in [5, 5.41) is 21.7. The van der Waals surface area contributed by atoms with Crippen LogP contribution in [0.3, 0.4) is 0 Å². The van der Waals surface area contributed by atoms with Crippen LogP contribution in [0, 0.1) is 11.3 Å². The van der Waals surface area contributed by atoms with Gasteiger partial charge in [0.25, 0.3) is 0 Å². The fourth-order valence-electron chi connectivity index (χ4n) is 4.98. The summed E-state index contributed by atoms with van der Waals surface area (Å²) in [6, 6.07) is 4.11. The highest BCUT2D eigenvalue weighted by Gasteiger charge is 2.49. The molecule has 0 aliphatic heterocycles. The maximum atomic E-state index is 11.3. The molecule has 1 fully saturated rings. The van der Waals surface area contributed by atoms with Gasteiger partial charge in [-0.3, -0.25) is 0 Å². The molecule has 0 saturated heterocycles. The van der Waals surface area contributed by atoms with E-state index in [0.717, 1.165) is 36.8 Å². The predicted octanol–water partition coefficient (Wildman–Crippen LogP) is 4.56. The highest BCUT2D eigenvalue weighted by molar-refractivity contribution is 5.45. The summed E-state index contributed by atoms with van der Waals surface area (Å²) >= 11 is 0. The Hall–Kier alpha value is -1.02. The number of aliphatic hydroxyl groups is 1. The van der Waals surface area contributed by atoms with Crippen LogP contribution in [0.5, 0.6) is 5.75 Å². The number of phenols is 1. The van der Waals surface area contributed by atoms with Crippen molar-refractivity contribution in [1.29, 1.82) is 0 Å². The Balaban J connectivity index is 2.02. The van der Waals surface area contributed by atoms with E-state index in [0.29, 0.717) is 24.0 Å². The van der Waals surface area contributed by atoms with Crippen LogP contribution in [-0.4, -0.2) is 15.8 Å². The van der Waals surface area contributed by atoms with E-state index in [1.54, 1.807) is 0 Å². The molecule has 2 aliphatic carbocycles. The Morgan fingerprint density at radius 2 is 1.86 bits per heavy atom. The second kappa shape index (κ2) is 5.26. The molecular formula is C20H30O2. The van der Waals surface area contributed by atoms with Crippen molar-refractivity contribution in [2.24, 2.45) is 11.3 Å². The molecule has 2 nitrogen and oxygen atoms in total. The van der Waals surface area contributed by atoms with Crippen LogP contribution in [0.25, 0.3) is 0 Å². The molecule has 22 heavy (non-hydrogen) atoms. The van der Waals surface area contributed by atoms with Gasteiger partial charge in [-0.25, -0.2) is 0 Å². The minimum absolute atomic E-state index is 0.206. The summed E-state index contributed by atoms with van der Waals surface area (Å²) in [7, 11) is 0. The first kappa shape index (κ1) is 15.9. The molecule has 0 spiro atoms. The predicted molar refractivity (Wildman–Crippen MR) is 90.3 cm³/mol. The zero-order chi connectivity index (χ0) is 16.1. The van der Waals surface area contributed by atoms with Gasteiger partial charge in [-0.1, -0.05) is 40.2 Å². The summed E-state index contributed by atoms with van der Waals surface area (Å²) in [5.74, 6) is 1.08. The first-order chi connectivity index (χ1) is 10.2. The summed E-state index contributed by atoms with van der Waals surface area (Å²) < 4.78 is 0. The summed E-state index contributed by atoms with van der Waals surface area (Å²) in [4.78, 5) is 0. The fourth-order valence-corrected chi connectivity index (χ4v) is 4.98. The zero-order valence-electron chi connectivity index (χ0n) is 14.4. The summed E-state index contributed by atoms with van der Waals surface area (Å²) in [6.45, 7) is 8.87. The third kappa shape index (κ3) is 2.56. The van der Waals surface area contributed by atoms with Crippen LogP contribution in [0.1, 0.15) is 76.0 Å². The van der Waals surface area contributed by atoms with E-state index >= 15 is 0 Å². The minimum Gasteiger partial charge on any atom is -0.508 e. The highest BCUT2D eigenvalue weighted by Crippen LogP contribution is 2.51. The Kier molecular flexibility index (Phi) is 3.79. The molecule has 122 valence electrons. The average molecular weight is 302 g/mol. The van der Waals surface area contributed by atoms with Crippen LogP contribution in [0.15, 0.2) is 12.1 Å². The van der Waals surface area contributed by atoms with E-state index in [4.69, 9.17) is 0 Å². The molecule has 0 amide bonds. The van der Waals surface area contributed by atoms with E-state index in [-0.39, 0.29) is 5.41 Å². The van der Waals surface area contributed by atoms with E-state index in [9.17, 15) is 10.2 Å². The number of aryl methyl sites for hydroxylation is 1. The molecule has 0 heterocycles. The maximum Gasteiger partial charge on any atom is 0.119 e. The summed E-state index contributed by atoms with van der Waals surface area (Å²) in [5.41, 5.74) is 3.14. The van der Waals surface area contributed by atoms with Crippen molar-refractivity contribution in [3.05, 3.63) is 28.8 Å². The summed E-state index contributed by atoms with van der Waals surface area (Å²) in [6.07, 6.45) is 5.98. The Morgan fingerprint density at radius 1 is 1.14 bits per heavy atom. The van der Waals surface area contributed by atoms with Crippen molar-refractivity contribution in [3.63, 3.8) is 0 Å². The highest BCUT2D eigenvalue weighted by atomic mass is 16.3. The Bertz CT molecular complexity index is 573. The van der Waals surface area contributed by atoms with Gasteiger partial charge in [-0.15, -0.1) is 0 Å². The van der Waals surface area contributed by atoms with Crippen LogP contribution >= 0.6 is 0 Å². The van der Waals surface area contributed by atoms with Crippen molar-refractivity contribution in [2.75, 3.05) is 0 Å². The number of benzene rings is 1. The van der Waals surface area contributed by atoms with Crippen LogP contribution in [-0.2, 0) is 12.8 Å². The first-order valence-electron chi connectivity index (χ1n) is 8.80. The van der Waals surface area contributed by atoms with Gasteiger partial charge >= 0.3 is 0 Å². The smallest absolute Gasteiger partial charge is 0.119 e. The normalized spacial score (nSPS) is 30.5. The lowest BCUT2D eigenvalue weighted by molar-refractivity contribution is -0.102. The van der Waals surface area contributed by atoms with Crippen molar-refractivity contribution >= 4 is 0 Å². The number of rotatable bonds is 1. The van der Waals surface area contributed by atoms with Crippen LogP contribution in [0.2, 0.25) is 0 Å². The van der Waals surface area contributed by atoms with Crippen LogP contribution < -0.4 is 0 Å². The second-order valence-corrected chi connectivity index (χ2v) is 8.55. The van der Waals surface area contributed by atoms with Crippen LogP contribution in [0.4, 0.5) is 0 Å². The molecule has 0 radical (unpaired) electrons. The average Bonchev–Trinajstić information content (AvgIpc) is 2.53. The number of hydrogen-bond acceptors (Lipinski definition) is 2. The molecule has 1 aromatic rings. The van der Waals surface area contributed by atoms with E-state index < -0.39 is 5.60 Å².